The summed E-state index contributed by atoms with van der Waals surface area (Å²) in [5.41, 5.74) is 0. The van der Waals surface area contributed by atoms with Crippen LogP contribution in [0.25, 0.3) is 0 Å². The molecular formula is C6H14ClNO3. The zero-order valence-electron chi connectivity index (χ0n) is 6.34. The molecule has 0 aromatic carbocycles. The highest BCUT2D eigenvalue weighted by molar-refractivity contribution is 5.85. The second-order valence-corrected chi connectivity index (χ2v) is 2.75. The zero-order valence-corrected chi connectivity index (χ0v) is 7.16. The number of rotatable bonds is 1. The summed E-state index contributed by atoms with van der Waals surface area (Å²) in [5.74, 6) is 0. The minimum atomic E-state index is -0.796. The van der Waals surface area contributed by atoms with E-state index in [0.29, 0.717) is 6.54 Å². The van der Waals surface area contributed by atoms with Crippen LogP contribution in [0.2, 0.25) is 0 Å². The fourth-order valence-corrected chi connectivity index (χ4v) is 1.30. The van der Waals surface area contributed by atoms with Crippen LogP contribution in [0, 0.1) is 0 Å². The molecule has 3 atom stereocenters. The number of hydrogen-bond donors (Lipinski definition) is 3. The SMILES string of the molecule is CN1C[C@@H](O)[C@H](O)[C@H]1CO.Cl. The van der Waals surface area contributed by atoms with E-state index in [1.54, 1.807) is 11.9 Å². The maximum atomic E-state index is 9.18. The molecular weight excluding hydrogens is 170 g/mol. The van der Waals surface area contributed by atoms with Gasteiger partial charge in [0.05, 0.1) is 24.9 Å². The summed E-state index contributed by atoms with van der Waals surface area (Å²) in [6.07, 6.45) is -1.50. The van der Waals surface area contributed by atoms with E-state index >= 15 is 0 Å². The van der Waals surface area contributed by atoms with Crippen LogP contribution in [0.5, 0.6) is 0 Å². The van der Waals surface area contributed by atoms with Crippen molar-refractivity contribution in [3.8, 4) is 0 Å². The van der Waals surface area contributed by atoms with Crippen molar-refractivity contribution in [2.45, 2.75) is 18.2 Å². The number of aliphatic hydroxyl groups is 3. The molecule has 0 aliphatic carbocycles. The Labute approximate surface area is 71.9 Å². The molecule has 0 saturated carbocycles. The van der Waals surface area contributed by atoms with Gasteiger partial charge in [0.1, 0.15) is 0 Å². The molecule has 3 N–H and O–H groups in total. The molecule has 0 aromatic heterocycles. The van der Waals surface area contributed by atoms with Crippen molar-refractivity contribution >= 4 is 12.4 Å². The molecule has 11 heavy (non-hydrogen) atoms. The summed E-state index contributed by atoms with van der Waals surface area (Å²) < 4.78 is 0. The Morgan fingerprint density at radius 2 is 2.00 bits per heavy atom. The van der Waals surface area contributed by atoms with Gasteiger partial charge in [-0.15, -0.1) is 12.4 Å². The second-order valence-electron chi connectivity index (χ2n) is 2.75. The van der Waals surface area contributed by atoms with E-state index in [-0.39, 0.29) is 25.1 Å². The molecule has 0 bridgehead atoms. The molecule has 1 aliphatic rings. The number of β-amino-alcohol motifs (C(OH)–C–C–N with tert-alkyl or cyclic N) is 1. The highest BCUT2D eigenvalue weighted by Gasteiger charge is 2.36. The number of likely N-dealkylation sites (tertiary alicyclic amines) is 1. The lowest BCUT2D eigenvalue weighted by Crippen LogP contribution is -2.36. The lowest BCUT2D eigenvalue weighted by atomic mass is 10.1. The number of aliphatic hydroxyl groups excluding tert-OH is 3. The summed E-state index contributed by atoms with van der Waals surface area (Å²) in [7, 11) is 1.76. The Morgan fingerprint density at radius 1 is 1.45 bits per heavy atom. The molecule has 5 heteroatoms. The van der Waals surface area contributed by atoms with E-state index in [9.17, 15) is 5.11 Å². The van der Waals surface area contributed by atoms with Crippen LogP contribution < -0.4 is 0 Å². The maximum absolute atomic E-state index is 9.18. The van der Waals surface area contributed by atoms with Crippen LogP contribution in [-0.4, -0.2) is 58.7 Å². The van der Waals surface area contributed by atoms with Gasteiger partial charge in [-0.1, -0.05) is 0 Å². The van der Waals surface area contributed by atoms with E-state index in [1.807, 2.05) is 0 Å². The summed E-state index contributed by atoms with van der Waals surface area (Å²) in [4.78, 5) is 1.75. The van der Waals surface area contributed by atoms with Crippen LogP contribution in [0.1, 0.15) is 0 Å². The first-order valence-corrected chi connectivity index (χ1v) is 3.34. The average Bonchev–Trinajstić information content (AvgIpc) is 2.09. The fourth-order valence-electron chi connectivity index (χ4n) is 1.30. The molecule has 0 aromatic rings. The van der Waals surface area contributed by atoms with Gasteiger partial charge in [0.25, 0.3) is 0 Å². The topological polar surface area (TPSA) is 63.9 Å². The predicted octanol–water partition coefficient (Wildman–Crippen LogP) is -1.56. The molecule has 0 radical (unpaired) electrons. The molecule has 1 saturated heterocycles. The van der Waals surface area contributed by atoms with Crippen LogP contribution >= 0.6 is 12.4 Å². The Kier molecular flexibility index (Phi) is 4.28. The minimum absolute atomic E-state index is 0. The van der Waals surface area contributed by atoms with Crippen LogP contribution in [-0.2, 0) is 0 Å². The molecule has 0 spiro atoms. The Balaban J connectivity index is 0.000001000. The number of likely N-dealkylation sites (N-methyl/N-ethyl adjacent to an activating group) is 1. The van der Waals surface area contributed by atoms with Crippen LogP contribution in [0.15, 0.2) is 0 Å². The molecule has 1 aliphatic heterocycles. The monoisotopic (exact) mass is 183 g/mol. The molecule has 0 amide bonds. The predicted molar refractivity (Wildman–Crippen MR) is 42.8 cm³/mol. The zero-order chi connectivity index (χ0) is 7.72. The summed E-state index contributed by atoms with van der Waals surface area (Å²) in [5, 5.41) is 27.0. The van der Waals surface area contributed by atoms with E-state index in [1.165, 1.54) is 0 Å². The smallest absolute Gasteiger partial charge is 0.0988 e. The standard InChI is InChI=1S/C6H13NO3.ClH/c1-7-2-5(9)6(10)4(7)3-8;/h4-6,8-10H,2-3H2,1H3;1H/t4-,5-,6-;/m1./s1. The minimum Gasteiger partial charge on any atom is -0.395 e. The first kappa shape index (κ1) is 11.1. The normalized spacial score (nSPS) is 38.7. The van der Waals surface area contributed by atoms with Crippen molar-refractivity contribution in [2.75, 3.05) is 20.2 Å². The number of halogens is 1. The van der Waals surface area contributed by atoms with Gasteiger partial charge in [-0.25, -0.2) is 0 Å². The average molecular weight is 184 g/mol. The lowest BCUT2D eigenvalue weighted by molar-refractivity contribution is 0.0237. The van der Waals surface area contributed by atoms with Crippen LogP contribution in [0.3, 0.4) is 0 Å². The third-order valence-corrected chi connectivity index (χ3v) is 2.02. The van der Waals surface area contributed by atoms with Crippen molar-refractivity contribution in [3.63, 3.8) is 0 Å². The van der Waals surface area contributed by atoms with Gasteiger partial charge in [-0.05, 0) is 7.05 Å². The van der Waals surface area contributed by atoms with Gasteiger partial charge >= 0.3 is 0 Å². The van der Waals surface area contributed by atoms with Gasteiger partial charge in [0.15, 0.2) is 0 Å². The maximum Gasteiger partial charge on any atom is 0.0988 e. The van der Waals surface area contributed by atoms with Gasteiger partial charge in [-0.3, -0.25) is 4.90 Å². The fraction of sp³-hybridized carbons (Fsp3) is 1.00. The first-order valence-electron chi connectivity index (χ1n) is 3.34. The van der Waals surface area contributed by atoms with Gasteiger partial charge in [0.2, 0.25) is 0 Å². The summed E-state index contributed by atoms with van der Waals surface area (Å²) in [6.45, 7) is 0.334. The van der Waals surface area contributed by atoms with E-state index in [4.69, 9.17) is 10.2 Å². The number of hydrogen-bond acceptors (Lipinski definition) is 4. The molecule has 1 fully saturated rings. The molecule has 68 valence electrons. The van der Waals surface area contributed by atoms with Gasteiger partial charge in [-0.2, -0.15) is 0 Å². The van der Waals surface area contributed by atoms with Crippen molar-refractivity contribution < 1.29 is 15.3 Å². The molecule has 0 unspecified atom stereocenters. The van der Waals surface area contributed by atoms with E-state index in [0.717, 1.165) is 0 Å². The molecule has 1 rings (SSSR count). The third-order valence-electron chi connectivity index (χ3n) is 2.02. The largest absolute Gasteiger partial charge is 0.395 e. The van der Waals surface area contributed by atoms with E-state index in [2.05, 4.69) is 0 Å². The summed E-state index contributed by atoms with van der Waals surface area (Å²) >= 11 is 0. The highest BCUT2D eigenvalue weighted by atomic mass is 35.5. The van der Waals surface area contributed by atoms with Crippen molar-refractivity contribution in [3.05, 3.63) is 0 Å². The van der Waals surface area contributed by atoms with Crippen molar-refractivity contribution in [2.24, 2.45) is 0 Å². The Bertz CT molecular complexity index is 124. The second kappa shape index (κ2) is 4.23. The van der Waals surface area contributed by atoms with Crippen molar-refractivity contribution in [1.29, 1.82) is 0 Å². The van der Waals surface area contributed by atoms with Crippen LogP contribution in [0.4, 0.5) is 0 Å². The highest BCUT2D eigenvalue weighted by Crippen LogP contribution is 2.15. The van der Waals surface area contributed by atoms with Crippen molar-refractivity contribution in [1.82, 2.24) is 4.90 Å². The third kappa shape index (κ3) is 2.04. The number of nitrogens with zero attached hydrogens (tertiary/aromatic N) is 1. The Morgan fingerprint density at radius 3 is 2.18 bits per heavy atom. The Hall–Kier alpha value is 0.130. The first-order chi connectivity index (χ1) is 4.66. The lowest BCUT2D eigenvalue weighted by Gasteiger charge is -2.18. The van der Waals surface area contributed by atoms with Gasteiger partial charge in [0, 0.05) is 6.54 Å². The summed E-state index contributed by atoms with van der Waals surface area (Å²) in [6, 6.07) is -0.296. The molecule has 1 heterocycles. The van der Waals surface area contributed by atoms with Gasteiger partial charge < -0.3 is 15.3 Å². The quantitative estimate of drug-likeness (QED) is 0.460. The molecule has 4 nitrogen and oxygen atoms in total. The van der Waals surface area contributed by atoms with E-state index < -0.39 is 12.2 Å².